The van der Waals surface area contributed by atoms with E-state index in [2.05, 4.69) is 6.58 Å². The van der Waals surface area contributed by atoms with Gasteiger partial charge in [-0.25, -0.2) is 9.69 Å². The summed E-state index contributed by atoms with van der Waals surface area (Å²) < 4.78 is 5.23. The zero-order valence-electron chi connectivity index (χ0n) is 11.8. The van der Waals surface area contributed by atoms with Crippen LogP contribution in [-0.2, 0) is 4.74 Å². The molecule has 1 aliphatic rings. The van der Waals surface area contributed by atoms with Crippen LogP contribution in [0.25, 0.3) is 0 Å². The van der Waals surface area contributed by atoms with Crippen molar-refractivity contribution in [3.05, 3.63) is 48.6 Å². The van der Waals surface area contributed by atoms with Crippen LogP contribution in [0.5, 0.6) is 0 Å². The molecule has 1 aromatic carbocycles. The number of rotatable bonds is 4. The number of benzene rings is 1. The van der Waals surface area contributed by atoms with Crippen LogP contribution in [0.3, 0.4) is 0 Å². The van der Waals surface area contributed by atoms with Gasteiger partial charge in [-0.3, -0.25) is 4.79 Å². The number of amides is 2. The van der Waals surface area contributed by atoms with E-state index in [9.17, 15) is 9.59 Å². The van der Waals surface area contributed by atoms with E-state index >= 15 is 0 Å². The third kappa shape index (κ3) is 2.74. The first-order valence-electron chi connectivity index (χ1n) is 6.76. The molecular formula is C16H19NO3. The summed E-state index contributed by atoms with van der Waals surface area (Å²) in [6, 6.07) is 8.49. The minimum atomic E-state index is -0.589. The fraction of sp³-hybridized carbons (Fsp3) is 0.375. The average molecular weight is 273 g/mol. The normalized spacial score (nSPS) is 21.9. The highest BCUT2D eigenvalue weighted by molar-refractivity contribution is 6.04. The van der Waals surface area contributed by atoms with Crippen molar-refractivity contribution in [1.82, 2.24) is 4.90 Å². The number of imide groups is 1. The van der Waals surface area contributed by atoms with Crippen LogP contribution in [0.4, 0.5) is 4.79 Å². The Morgan fingerprint density at radius 3 is 2.60 bits per heavy atom. The zero-order valence-corrected chi connectivity index (χ0v) is 11.8. The fourth-order valence-corrected chi connectivity index (χ4v) is 2.42. The molecular weight excluding hydrogens is 254 g/mol. The lowest BCUT2D eigenvalue weighted by Gasteiger charge is -2.23. The Labute approximate surface area is 119 Å². The lowest BCUT2D eigenvalue weighted by molar-refractivity contribution is 0.0763. The minimum absolute atomic E-state index is 0.285. The largest absolute Gasteiger partial charge is 0.439 e. The highest BCUT2D eigenvalue weighted by atomic mass is 16.6. The van der Waals surface area contributed by atoms with Gasteiger partial charge < -0.3 is 4.74 Å². The molecule has 0 saturated carbocycles. The molecule has 0 spiro atoms. The molecule has 1 aromatic rings. The van der Waals surface area contributed by atoms with Crippen molar-refractivity contribution in [2.75, 3.05) is 0 Å². The first-order valence-corrected chi connectivity index (χ1v) is 6.76. The first kappa shape index (κ1) is 14.3. The molecule has 0 N–H and O–H groups in total. The van der Waals surface area contributed by atoms with Gasteiger partial charge in [0.1, 0.15) is 6.10 Å². The monoisotopic (exact) mass is 273 g/mol. The number of hydrogen-bond donors (Lipinski definition) is 0. The first-order chi connectivity index (χ1) is 9.54. The zero-order chi connectivity index (χ0) is 14.7. The van der Waals surface area contributed by atoms with Crippen LogP contribution in [0.2, 0.25) is 0 Å². The van der Waals surface area contributed by atoms with Crippen molar-refractivity contribution < 1.29 is 14.3 Å². The van der Waals surface area contributed by atoms with Gasteiger partial charge in [0.2, 0.25) is 0 Å². The van der Waals surface area contributed by atoms with E-state index in [0.29, 0.717) is 17.9 Å². The quantitative estimate of drug-likeness (QED) is 0.791. The SMILES string of the molecule is C=CC1OC(=O)N(C(=O)c2ccccc2)C1CC(C)C. The molecule has 0 bridgehead atoms. The molecule has 0 aromatic heterocycles. The molecule has 2 rings (SSSR count). The van der Waals surface area contributed by atoms with E-state index in [1.165, 1.54) is 4.90 Å². The van der Waals surface area contributed by atoms with Gasteiger partial charge in [0.05, 0.1) is 6.04 Å². The predicted molar refractivity (Wildman–Crippen MR) is 76.3 cm³/mol. The number of ether oxygens (including phenoxy) is 1. The molecule has 2 unspecified atom stereocenters. The Hall–Kier alpha value is -2.10. The third-order valence-electron chi connectivity index (χ3n) is 3.33. The lowest BCUT2D eigenvalue weighted by atomic mass is 9.98. The number of hydrogen-bond acceptors (Lipinski definition) is 3. The molecule has 20 heavy (non-hydrogen) atoms. The van der Waals surface area contributed by atoms with Crippen LogP contribution in [0.15, 0.2) is 43.0 Å². The van der Waals surface area contributed by atoms with Crippen LogP contribution in [-0.4, -0.2) is 29.0 Å². The maximum atomic E-state index is 12.5. The van der Waals surface area contributed by atoms with Crippen molar-refractivity contribution in [3.8, 4) is 0 Å². The molecule has 2 atom stereocenters. The molecule has 0 aliphatic carbocycles. The van der Waals surface area contributed by atoms with Gasteiger partial charge in [0, 0.05) is 5.56 Å². The molecule has 1 aliphatic heterocycles. The van der Waals surface area contributed by atoms with Crippen molar-refractivity contribution in [1.29, 1.82) is 0 Å². The van der Waals surface area contributed by atoms with E-state index in [0.717, 1.165) is 0 Å². The summed E-state index contributed by atoms with van der Waals surface area (Å²) >= 11 is 0. The van der Waals surface area contributed by atoms with E-state index in [1.807, 2.05) is 19.9 Å². The topological polar surface area (TPSA) is 46.6 Å². The maximum Gasteiger partial charge on any atom is 0.417 e. The molecule has 4 heteroatoms. The van der Waals surface area contributed by atoms with Gasteiger partial charge in [-0.1, -0.05) is 38.6 Å². The van der Waals surface area contributed by atoms with Gasteiger partial charge in [-0.15, -0.1) is 0 Å². The van der Waals surface area contributed by atoms with Crippen LogP contribution >= 0.6 is 0 Å². The smallest absolute Gasteiger partial charge is 0.417 e. The molecule has 4 nitrogen and oxygen atoms in total. The summed E-state index contributed by atoms with van der Waals surface area (Å²) in [6.07, 6.45) is 1.26. The Kier molecular flexibility index (Phi) is 4.23. The molecule has 106 valence electrons. The molecule has 1 heterocycles. The fourth-order valence-electron chi connectivity index (χ4n) is 2.42. The predicted octanol–water partition coefficient (Wildman–Crippen LogP) is 3.25. The number of nitrogens with zero attached hydrogens (tertiary/aromatic N) is 1. The lowest BCUT2D eigenvalue weighted by Crippen LogP contribution is -2.41. The van der Waals surface area contributed by atoms with Gasteiger partial charge in [-0.2, -0.15) is 0 Å². The second-order valence-electron chi connectivity index (χ2n) is 5.32. The van der Waals surface area contributed by atoms with Gasteiger partial charge in [0.15, 0.2) is 0 Å². The van der Waals surface area contributed by atoms with Gasteiger partial charge >= 0.3 is 6.09 Å². The van der Waals surface area contributed by atoms with E-state index in [-0.39, 0.29) is 11.9 Å². The molecule has 0 radical (unpaired) electrons. The number of cyclic esters (lactones) is 1. The van der Waals surface area contributed by atoms with Crippen molar-refractivity contribution >= 4 is 12.0 Å². The summed E-state index contributed by atoms with van der Waals surface area (Å²) in [5, 5.41) is 0. The molecule has 1 saturated heterocycles. The Morgan fingerprint density at radius 1 is 1.40 bits per heavy atom. The summed E-state index contributed by atoms with van der Waals surface area (Å²) in [5.41, 5.74) is 0.489. The highest BCUT2D eigenvalue weighted by Crippen LogP contribution is 2.27. The second-order valence-corrected chi connectivity index (χ2v) is 5.32. The second kappa shape index (κ2) is 5.90. The number of carbonyl (C=O) groups excluding carboxylic acids is 2. The Morgan fingerprint density at radius 2 is 2.05 bits per heavy atom. The summed E-state index contributed by atoms with van der Waals surface area (Å²) in [7, 11) is 0. The van der Waals surface area contributed by atoms with Crippen molar-refractivity contribution in [3.63, 3.8) is 0 Å². The molecule has 1 fully saturated rings. The highest BCUT2D eigenvalue weighted by Gasteiger charge is 2.44. The standard InChI is InChI=1S/C16H19NO3/c1-4-14-13(10-11(2)3)17(16(19)20-14)15(18)12-8-6-5-7-9-12/h4-9,11,13-14H,1,10H2,2-3H3. The average Bonchev–Trinajstić information content (AvgIpc) is 2.74. The van der Waals surface area contributed by atoms with Crippen LogP contribution < -0.4 is 0 Å². The Balaban J connectivity index is 2.29. The van der Waals surface area contributed by atoms with Gasteiger partial charge in [0.25, 0.3) is 5.91 Å². The maximum absolute atomic E-state index is 12.5. The van der Waals surface area contributed by atoms with Crippen molar-refractivity contribution in [2.45, 2.75) is 32.4 Å². The van der Waals surface area contributed by atoms with Crippen LogP contribution in [0, 0.1) is 5.92 Å². The number of carbonyl (C=O) groups is 2. The van der Waals surface area contributed by atoms with Crippen LogP contribution in [0.1, 0.15) is 30.6 Å². The summed E-state index contributed by atoms with van der Waals surface area (Å²) in [5.74, 6) is 0.0358. The Bertz CT molecular complexity index is 510. The van der Waals surface area contributed by atoms with E-state index in [4.69, 9.17) is 4.74 Å². The van der Waals surface area contributed by atoms with Gasteiger partial charge in [-0.05, 0) is 30.5 Å². The van der Waals surface area contributed by atoms with Crippen molar-refractivity contribution in [2.24, 2.45) is 5.92 Å². The summed E-state index contributed by atoms with van der Waals surface area (Å²) in [6.45, 7) is 7.79. The minimum Gasteiger partial charge on any atom is -0.439 e. The third-order valence-corrected chi connectivity index (χ3v) is 3.33. The van der Waals surface area contributed by atoms with E-state index in [1.54, 1.807) is 30.3 Å². The van der Waals surface area contributed by atoms with E-state index < -0.39 is 12.2 Å². The molecule has 2 amide bonds. The summed E-state index contributed by atoms with van der Waals surface area (Å²) in [4.78, 5) is 25.7.